The van der Waals surface area contributed by atoms with Crippen molar-refractivity contribution in [3.63, 3.8) is 0 Å². The molecule has 0 aliphatic rings. The first-order valence-electron chi connectivity index (χ1n) is 5.16. The van der Waals surface area contributed by atoms with Crippen molar-refractivity contribution < 1.29 is 9.53 Å². The molecule has 6 nitrogen and oxygen atoms in total. The highest BCUT2D eigenvalue weighted by Crippen LogP contribution is 2.02. The number of hydrogen-bond acceptors (Lipinski definition) is 4. The Hall–Kier alpha value is -1.40. The van der Waals surface area contributed by atoms with Crippen LogP contribution in [0.15, 0.2) is 12.4 Å². The molecule has 0 atom stereocenters. The van der Waals surface area contributed by atoms with Crippen LogP contribution in [-0.4, -0.2) is 53.9 Å². The number of carbonyl (C=O) groups excluding carboxylic acids is 1. The van der Waals surface area contributed by atoms with Gasteiger partial charge in [-0.1, -0.05) is 0 Å². The Morgan fingerprint density at radius 1 is 1.62 bits per heavy atom. The average molecular weight is 226 g/mol. The highest BCUT2D eigenvalue weighted by Gasteiger charge is 2.15. The third kappa shape index (κ3) is 3.32. The molecule has 0 aromatic carbocycles. The number of hydrogen-bond donors (Lipinski definition) is 1. The second kappa shape index (κ2) is 6.24. The largest absolute Gasteiger partial charge is 0.383 e. The van der Waals surface area contributed by atoms with Gasteiger partial charge in [-0.05, 0) is 0 Å². The molecule has 0 saturated carbocycles. The summed E-state index contributed by atoms with van der Waals surface area (Å²) in [5.74, 6) is -0.0596. The van der Waals surface area contributed by atoms with Crippen molar-refractivity contribution in [1.82, 2.24) is 14.7 Å². The zero-order valence-electron chi connectivity index (χ0n) is 9.72. The lowest BCUT2D eigenvalue weighted by Crippen LogP contribution is -2.37. The van der Waals surface area contributed by atoms with Gasteiger partial charge in [0, 0.05) is 40.0 Å². The molecule has 0 aliphatic heterocycles. The number of aromatic nitrogens is 2. The Balaban J connectivity index is 2.66. The summed E-state index contributed by atoms with van der Waals surface area (Å²) in [6.07, 6.45) is 3.25. The Kier molecular flexibility index (Phi) is 4.94. The highest BCUT2D eigenvalue weighted by atomic mass is 16.5. The van der Waals surface area contributed by atoms with Gasteiger partial charge >= 0.3 is 0 Å². The fraction of sp³-hybridized carbons (Fsp3) is 0.600. The van der Waals surface area contributed by atoms with Crippen molar-refractivity contribution in [2.24, 2.45) is 12.8 Å². The number of ether oxygens (including phenoxy) is 1. The van der Waals surface area contributed by atoms with Crippen molar-refractivity contribution in [3.05, 3.63) is 18.0 Å². The third-order valence-corrected chi connectivity index (χ3v) is 2.20. The molecular weight excluding hydrogens is 208 g/mol. The lowest BCUT2D eigenvalue weighted by Gasteiger charge is -2.20. The van der Waals surface area contributed by atoms with Crippen molar-refractivity contribution in [2.75, 3.05) is 33.4 Å². The van der Waals surface area contributed by atoms with E-state index in [-0.39, 0.29) is 5.91 Å². The van der Waals surface area contributed by atoms with E-state index in [9.17, 15) is 4.79 Å². The maximum atomic E-state index is 12.0. The van der Waals surface area contributed by atoms with E-state index in [0.717, 1.165) is 0 Å². The van der Waals surface area contributed by atoms with Gasteiger partial charge in [-0.15, -0.1) is 0 Å². The van der Waals surface area contributed by atoms with E-state index < -0.39 is 0 Å². The molecule has 1 rings (SSSR count). The van der Waals surface area contributed by atoms with Crippen LogP contribution in [0, 0.1) is 0 Å². The van der Waals surface area contributed by atoms with Crippen LogP contribution in [0.2, 0.25) is 0 Å². The molecule has 16 heavy (non-hydrogen) atoms. The summed E-state index contributed by atoms with van der Waals surface area (Å²) >= 11 is 0. The van der Waals surface area contributed by atoms with Crippen molar-refractivity contribution >= 4 is 5.91 Å². The summed E-state index contributed by atoms with van der Waals surface area (Å²) in [6, 6.07) is 0. The smallest absolute Gasteiger partial charge is 0.257 e. The number of amides is 1. The fourth-order valence-electron chi connectivity index (χ4n) is 1.39. The minimum absolute atomic E-state index is 0.0596. The van der Waals surface area contributed by atoms with Crippen LogP contribution in [0.1, 0.15) is 10.4 Å². The fourth-order valence-corrected chi connectivity index (χ4v) is 1.39. The van der Waals surface area contributed by atoms with Gasteiger partial charge in [-0.25, -0.2) is 0 Å². The Labute approximate surface area is 95.0 Å². The molecule has 0 bridgehead atoms. The summed E-state index contributed by atoms with van der Waals surface area (Å²) in [6.45, 7) is 2.01. The number of methoxy groups -OCH3 is 1. The van der Waals surface area contributed by atoms with E-state index in [1.807, 2.05) is 0 Å². The van der Waals surface area contributed by atoms with Gasteiger partial charge in [0.1, 0.15) is 0 Å². The molecule has 0 radical (unpaired) electrons. The van der Waals surface area contributed by atoms with Gasteiger partial charge in [0.25, 0.3) is 5.91 Å². The molecule has 90 valence electrons. The van der Waals surface area contributed by atoms with E-state index in [0.29, 0.717) is 31.8 Å². The number of carbonyl (C=O) groups is 1. The molecule has 6 heteroatoms. The lowest BCUT2D eigenvalue weighted by molar-refractivity contribution is 0.0701. The molecular formula is C10H18N4O2. The minimum atomic E-state index is -0.0596. The van der Waals surface area contributed by atoms with E-state index in [1.54, 1.807) is 36.1 Å². The zero-order valence-corrected chi connectivity index (χ0v) is 9.72. The molecule has 1 heterocycles. The summed E-state index contributed by atoms with van der Waals surface area (Å²) in [5.41, 5.74) is 6.04. The maximum absolute atomic E-state index is 12.0. The summed E-state index contributed by atoms with van der Waals surface area (Å²) < 4.78 is 6.56. The monoisotopic (exact) mass is 226 g/mol. The average Bonchev–Trinajstić information content (AvgIpc) is 2.70. The van der Waals surface area contributed by atoms with Gasteiger partial charge in [-0.3, -0.25) is 9.48 Å². The Morgan fingerprint density at radius 2 is 2.38 bits per heavy atom. The summed E-state index contributed by atoms with van der Waals surface area (Å²) in [4.78, 5) is 13.7. The first-order chi connectivity index (χ1) is 7.69. The number of nitrogens with zero attached hydrogens (tertiary/aromatic N) is 3. The van der Waals surface area contributed by atoms with E-state index in [4.69, 9.17) is 10.5 Å². The first-order valence-corrected chi connectivity index (χ1v) is 5.16. The van der Waals surface area contributed by atoms with Crippen LogP contribution in [0.3, 0.4) is 0 Å². The maximum Gasteiger partial charge on any atom is 0.257 e. The van der Waals surface area contributed by atoms with Crippen LogP contribution in [0.25, 0.3) is 0 Å². The number of rotatable bonds is 6. The van der Waals surface area contributed by atoms with Crippen molar-refractivity contribution in [2.45, 2.75) is 0 Å². The SMILES string of the molecule is COCCN(CCN)C(=O)c1cnn(C)c1. The van der Waals surface area contributed by atoms with Crippen LogP contribution in [-0.2, 0) is 11.8 Å². The molecule has 1 aromatic heterocycles. The van der Waals surface area contributed by atoms with Crippen molar-refractivity contribution in [1.29, 1.82) is 0 Å². The summed E-state index contributed by atoms with van der Waals surface area (Å²) in [7, 11) is 3.38. The van der Waals surface area contributed by atoms with E-state index in [2.05, 4.69) is 5.10 Å². The number of nitrogens with two attached hydrogens (primary N) is 1. The van der Waals surface area contributed by atoms with E-state index >= 15 is 0 Å². The predicted octanol–water partition coefficient (Wildman–Crippen LogP) is -0.533. The third-order valence-electron chi connectivity index (χ3n) is 2.20. The molecule has 0 unspecified atom stereocenters. The molecule has 1 amide bonds. The van der Waals surface area contributed by atoms with Gasteiger partial charge < -0.3 is 15.4 Å². The molecule has 1 aromatic rings. The van der Waals surface area contributed by atoms with Gasteiger partial charge in [0.05, 0.1) is 18.4 Å². The second-order valence-electron chi connectivity index (χ2n) is 3.48. The molecule has 0 fully saturated rings. The minimum Gasteiger partial charge on any atom is -0.383 e. The molecule has 0 aliphatic carbocycles. The van der Waals surface area contributed by atoms with Gasteiger partial charge in [0.2, 0.25) is 0 Å². The van der Waals surface area contributed by atoms with Crippen molar-refractivity contribution in [3.8, 4) is 0 Å². The predicted molar refractivity (Wildman–Crippen MR) is 60.0 cm³/mol. The van der Waals surface area contributed by atoms with Crippen LogP contribution >= 0.6 is 0 Å². The first kappa shape index (κ1) is 12.7. The summed E-state index contributed by atoms with van der Waals surface area (Å²) in [5, 5.41) is 3.97. The Morgan fingerprint density at radius 3 is 2.88 bits per heavy atom. The standard InChI is InChI=1S/C10H18N4O2/c1-13-8-9(7-12-13)10(15)14(4-3-11)5-6-16-2/h7-8H,3-6,11H2,1-2H3. The zero-order chi connectivity index (χ0) is 12.0. The highest BCUT2D eigenvalue weighted by molar-refractivity contribution is 5.93. The molecule has 2 N–H and O–H groups in total. The number of aryl methyl sites for hydroxylation is 1. The molecule has 0 spiro atoms. The van der Waals surface area contributed by atoms with Gasteiger partial charge in [-0.2, -0.15) is 5.10 Å². The normalized spacial score (nSPS) is 10.4. The van der Waals surface area contributed by atoms with Gasteiger partial charge in [0.15, 0.2) is 0 Å². The van der Waals surface area contributed by atoms with Crippen LogP contribution in [0.5, 0.6) is 0 Å². The van der Waals surface area contributed by atoms with Crippen LogP contribution < -0.4 is 5.73 Å². The second-order valence-corrected chi connectivity index (χ2v) is 3.48. The lowest BCUT2D eigenvalue weighted by atomic mass is 10.3. The Bertz CT molecular complexity index is 337. The quantitative estimate of drug-likeness (QED) is 0.707. The molecule has 0 saturated heterocycles. The topological polar surface area (TPSA) is 73.4 Å². The van der Waals surface area contributed by atoms with E-state index in [1.165, 1.54) is 0 Å². The van der Waals surface area contributed by atoms with Crippen LogP contribution in [0.4, 0.5) is 0 Å².